The summed E-state index contributed by atoms with van der Waals surface area (Å²) in [5, 5.41) is 12.6. The largest absolute Gasteiger partial charge is 0.367 e. The van der Waals surface area contributed by atoms with E-state index in [9.17, 15) is 0 Å². The van der Waals surface area contributed by atoms with Crippen LogP contribution >= 0.6 is 0 Å². The Hall–Kier alpha value is -2.72. The normalized spacial score (nSPS) is 15.1. The van der Waals surface area contributed by atoms with E-state index in [-0.39, 0.29) is 0 Å². The first-order valence-electron chi connectivity index (χ1n) is 12.2. The van der Waals surface area contributed by atoms with Crippen LogP contribution in [-0.4, -0.2) is 40.8 Å². The summed E-state index contributed by atoms with van der Waals surface area (Å²) in [5.41, 5.74) is 3.85. The van der Waals surface area contributed by atoms with Crippen LogP contribution in [0.2, 0.25) is 0 Å². The molecule has 1 fully saturated rings. The number of rotatable bonds is 11. The first-order valence-corrected chi connectivity index (χ1v) is 12.2. The maximum atomic E-state index is 4.56. The molecule has 0 radical (unpaired) electrons. The zero-order valence-corrected chi connectivity index (χ0v) is 19.8. The summed E-state index contributed by atoms with van der Waals surface area (Å²) >= 11 is 0. The van der Waals surface area contributed by atoms with Crippen LogP contribution in [0.4, 0.5) is 5.82 Å². The van der Waals surface area contributed by atoms with Gasteiger partial charge >= 0.3 is 0 Å². The highest BCUT2D eigenvalue weighted by molar-refractivity contribution is 5.79. The third-order valence-corrected chi connectivity index (χ3v) is 6.18. The van der Waals surface area contributed by atoms with Crippen LogP contribution in [0.3, 0.4) is 0 Å². The lowest BCUT2D eigenvalue weighted by molar-refractivity contribution is 0.169. The van der Waals surface area contributed by atoms with Gasteiger partial charge in [0.05, 0.1) is 5.69 Å². The second kappa shape index (κ2) is 13.0. The molecule has 1 aromatic heterocycles. The number of aromatic nitrogens is 2. The molecule has 32 heavy (non-hydrogen) atoms. The Morgan fingerprint density at radius 2 is 1.88 bits per heavy atom. The van der Waals surface area contributed by atoms with Crippen molar-refractivity contribution in [3.05, 3.63) is 73.0 Å². The number of hydrogen-bond donors (Lipinski definition) is 1. The zero-order valence-electron chi connectivity index (χ0n) is 19.8. The smallest absolute Gasteiger partial charge is 0.156 e. The molecule has 0 unspecified atom stereocenters. The molecular formula is C28H38N4. The third kappa shape index (κ3) is 6.89. The zero-order chi connectivity index (χ0) is 22.6. The van der Waals surface area contributed by atoms with E-state index in [1.54, 1.807) is 0 Å². The van der Waals surface area contributed by atoms with E-state index in [2.05, 4.69) is 77.2 Å². The van der Waals surface area contributed by atoms with Crippen molar-refractivity contribution < 1.29 is 0 Å². The summed E-state index contributed by atoms with van der Waals surface area (Å²) in [4.78, 5) is 2.62. The first-order chi connectivity index (χ1) is 15.7. The Morgan fingerprint density at radius 1 is 1.09 bits per heavy atom. The van der Waals surface area contributed by atoms with E-state index >= 15 is 0 Å². The summed E-state index contributed by atoms with van der Waals surface area (Å²) in [5.74, 6) is 0.835. The molecule has 1 aliphatic carbocycles. The molecule has 1 N–H and O–H groups in total. The molecule has 0 amide bonds. The maximum Gasteiger partial charge on any atom is 0.156 e. The molecule has 1 saturated carbocycles. The topological polar surface area (TPSA) is 41.0 Å². The Balaban J connectivity index is 1.73. The monoisotopic (exact) mass is 430 g/mol. The maximum absolute atomic E-state index is 4.56. The Bertz CT molecular complexity index is 895. The van der Waals surface area contributed by atoms with Gasteiger partial charge in [-0.15, -0.1) is 10.2 Å². The van der Waals surface area contributed by atoms with Gasteiger partial charge in [0.1, 0.15) is 0 Å². The van der Waals surface area contributed by atoms with Gasteiger partial charge in [-0.25, -0.2) is 0 Å². The summed E-state index contributed by atoms with van der Waals surface area (Å²) in [6.45, 7) is 11.6. The molecule has 0 spiro atoms. The summed E-state index contributed by atoms with van der Waals surface area (Å²) in [6.07, 6.45) is 16.0. The van der Waals surface area contributed by atoms with Crippen molar-refractivity contribution in [3.63, 3.8) is 0 Å². The molecule has 4 nitrogen and oxygen atoms in total. The van der Waals surface area contributed by atoms with Crippen LogP contribution < -0.4 is 5.32 Å². The van der Waals surface area contributed by atoms with Gasteiger partial charge in [-0.1, -0.05) is 94.3 Å². The van der Waals surface area contributed by atoms with Gasteiger partial charge in [0.25, 0.3) is 0 Å². The van der Waals surface area contributed by atoms with Crippen LogP contribution in [0.1, 0.15) is 58.1 Å². The van der Waals surface area contributed by atoms with Crippen molar-refractivity contribution in [1.29, 1.82) is 0 Å². The minimum atomic E-state index is 0.731. The molecule has 0 bridgehead atoms. The molecule has 170 valence electrons. The van der Waals surface area contributed by atoms with Crippen molar-refractivity contribution in [2.45, 2.75) is 58.4 Å². The first kappa shape index (κ1) is 23.9. The van der Waals surface area contributed by atoms with Gasteiger partial charge in [-0.3, -0.25) is 4.90 Å². The number of nitrogens with one attached hydrogen (secondary N) is 1. The van der Waals surface area contributed by atoms with Crippen LogP contribution in [0.25, 0.3) is 16.7 Å². The predicted molar refractivity (Wildman–Crippen MR) is 138 cm³/mol. The van der Waals surface area contributed by atoms with Gasteiger partial charge in [0.2, 0.25) is 0 Å². The van der Waals surface area contributed by atoms with Gasteiger partial charge in [0, 0.05) is 24.7 Å². The van der Waals surface area contributed by atoms with E-state index < -0.39 is 0 Å². The lowest BCUT2D eigenvalue weighted by Gasteiger charge is -2.33. The molecule has 0 saturated heterocycles. The second-order valence-corrected chi connectivity index (χ2v) is 8.43. The van der Waals surface area contributed by atoms with Crippen LogP contribution in [0.15, 0.2) is 67.3 Å². The van der Waals surface area contributed by atoms with Crippen molar-refractivity contribution >= 4 is 11.4 Å². The lowest BCUT2D eigenvalue weighted by atomic mass is 9.94. The number of hydrogen-bond acceptors (Lipinski definition) is 4. The number of nitrogens with zero attached hydrogens (tertiary/aromatic N) is 3. The minimum absolute atomic E-state index is 0.731. The molecule has 4 heteroatoms. The average Bonchev–Trinajstić information content (AvgIpc) is 2.85. The summed E-state index contributed by atoms with van der Waals surface area (Å²) in [6, 6.07) is 13.2. The summed E-state index contributed by atoms with van der Waals surface area (Å²) in [7, 11) is 0. The van der Waals surface area contributed by atoms with Gasteiger partial charge in [-0.05, 0) is 43.0 Å². The molecule has 3 rings (SSSR count). The van der Waals surface area contributed by atoms with Gasteiger partial charge in [-0.2, -0.15) is 0 Å². The SMILES string of the molecule is C=C(/C=C\C=C/CC)c1cc(-c2ccccc2)c(NCCN(CC)C2CCCCC2)nn1. The number of benzene rings is 1. The number of allylic oxidation sites excluding steroid dienone is 5. The fourth-order valence-corrected chi connectivity index (χ4v) is 4.35. The van der Waals surface area contributed by atoms with Gasteiger partial charge < -0.3 is 5.32 Å². The van der Waals surface area contributed by atoms with E-state index in [1.807, 2.05) is 24.3 Å². The highest BCUT2D eigenvalue weighted by Crippen LogP contribution is 2.28. The van der Waals surface area contributed by atoms with E-state index in [4.69, 9.17) is 0 Å². The molecule has 0 aliphatic heterocycles. The number of likely N-dealkylation sites (N-methyl/N-ethyl adjacent to an activating group) is 1. The highest BCUT2D eigenvalue weighted by Gasteiger charge is 2.19. The fraction of sp³-hybridized carbons (Fsp3) is 0.429. The minimum Gasteiger partial charge on any atom is -0.367 e. The molecule has 1 aromatic carbocycles. The Morgan fingerprint density at radius 3 is 2.59 bits per heavy atom. The predicted octanol–water partition coefficient (Wildman–Crippen LogP) is 6.75. The average molecular weight is 431 g/mol. The van der Waals surface area contributed by atoms with Crippen molar-refractivity contribution in [3.8, 4) is 11.1 Å². The van der Waals surface area contributed by atoms with Crippen molar-refractivity contribution in [2.24, 2.45) is 0 Å². The second-order valence-electron chi connectivity index (χ2n) is 8.43. The Kier molecular flexibility index (Phi) is 9.70. The van der Waals surface area contributed by atoms with Crippen LogP contribution in [0.5, 0.6) is 0 Å². The van der Waals surface area contributed by atoms with Crippen molar-refractivity contribution in [2.75, 3.05) is 25.0 Å². The summed E-state index contributed by atoms with van der Waals surface area (Å²) < 4.78 is 0. The van der Waals surface area contributed by atoms with Gasteiger partial charge in [0.15, 0.2) is 5.82 Å². The molecular weight excluding hydrogens is 392 g/mol. The van der Waals surface area contributed by atoms with Crippen molar-refractivity contribution in [1.82, 2.24) is 15.1 Å². The molecule has 0 atom stereocenters. The van der Waals surface area contributed by atoms with E-state index in [0.717, 1.165) is 60.3 Å². The van der Waals surface area contributed by atoms with E-state index in [0.29, 0.717) is 0 Å². The van der Waals surface area contributed by atoms with Crippen LogP contribution in [0, 0.1) is 0 Å². The Labute approximate surface area is 194 Å². The number of anilines is 1. The molecule has 1 heterocycles. The quantitative estimate of drug-likeness (QED) is 0.401. The third-order valence-electron chi connectivity index (χ3n) is 6.18. The van der Waals surface area contributed by atoms with Crippen LogP contribution in [-0.2, 0) is 0 Å². The lowest BCUT2D eigenvalue weighted by Crippen LogP contribution is -2.39. The molecule has 1 aliphatic rings. The van der Waals surface area contributed by atoms with E-state index in [1.165, 1.54) is 32.1 Å². The standard InChI is InChI=1S/C28H38N4/c1-4-6-7-10-15-23(3)27-22-26(24-16-11-8-12-17-24)28(31-30-27)29-20-21-32(5-2)25-18-13-9-14-19-25/h6-8,10-12,15-17,22,25H,3-5,9,13-14,18-21H2,1-2H3,(H,29,31)/b7-6-,15-10-. The highest BCUT2D eigenvalue weighted by atomic mass is 15.2. The molecule has 2 aromatic rings. The fourth-order valence-electron chi connectivity index (χ4n) is 4.35.